The second-order valence-electron chi connectivity index (χ2n) is 6.25. The summed E-state index contributed by atoms with van der Waals surface area (Å²) in [4.78, 5) is 6.76. The largest absolute Gasteiger partial charge is 0.381 e. The van der Waals surface area contributed by atoms with E-state index >= 15 is 0 Å². The molecule has 1 aliphatic heterocycles. The van der Waals surface area contributed by atoms with Gasteiger partial charge >= 0.3 is 0 Å². The van der Waals surface area contributed by atoms with Crippen LogP contribution in [0.15, 0.2) is 17.1 Å². The minimum Gasteiger partial charge on any atom is -0.381 e. The highest BCUT2D eigenvalue weighted by Gasteiger charge is 2.09. The smallest absolute Gasteiger partial charge is 0.0909 e. The number of fused-ring (bicyclic) bond motifs is 1. The van der Waals surface area contributed by atoms with Gasteiger partial charge in [-0.25, -0.2) is 4.99 Å². The Morgan fingerprint density at radius 3 is 2.68 bits per heavy atom. The van der Waals surface area contributed by atoms with Gasteiger partial charge in [0, 0.05) is 20.2 Å². The average molecular weight is 302 g/mol. The zero-order valence-corrected chi connectivity index (χ0v) is 14.4. The van der Waals surface area contributed by atoms with Crippen molar-refractivity contribution in [2.24, 2.45) is 4.99 Å². The summed E-state index contributed by atoms with van der Waals surface area (Å²) < 4.78 is 5.76. The summed E-state index contributed by atoms with van der Waals surface area (Å²) in [5, 5.41) is 0. The summed E-state index contributed by atoms with van der Waals surface area (Å²) in [6, 6.07) is 4.61. The van der Waals surface area contributed by atoms with Gasteiger partial charge in [-0.2, -0.15) is 0 Å². The van der Waals surface area contributed by atoms with Crippen LogP contribution in [0, 0.1) is 6.92 Å². The van der Waals surface area contributed by atoms with E-state index in [2.05, 4.69) is 42.9 Å². The second-order valence-corrected chi connectivity index (χ2v) is 6.25. The van der Waals surface area contributed by atoms with Crippen molar-refractivity contribution in [3.8, 4) is 0 Å². The van der Waals surface area contributed by atoms with Crippen molar-refractivity contribution in [3.63, 3.8) is 0 Å². The minimum absolute atomic E-state index is 0.827. The molecule has 0 N–H and O–H groups in total. The highest BCUT2D eigenvalue weighted by atomic mass is 16.5. The van der Waals surface area contributed by atoms with Crippen molar-refractivity contribution in [2.75, 3.05) is 26.8 Å². The molecule has 1 aromatic carbocycles. The molecule has 3 nitrogen and oxygen atoms in total. The van der Waals surface area contributed by atoms with Crippen molar-refractivity contribution >= 4 is 12.0 Å². The standard InChI is InChI=1S/C19H30N2O/c1-4-21(3)15-20-19-14-18-10-12-22-11-8-6-5-7-9-17(18)13-16(19)2/h13-15H,4-12H2,1-3H3. The zero-order chi connectivity index (χ0) is 15.8. The lowest BCUT2D eigenvalue weighted by atomic mass is 9.96. The van der Waals surface area contributed by atoms with Crippen LogP contribution in [0.1, 0.15) is 49.3 Å². The normalized spacial score (nSPS) is 17.0. The summed E-state index contributed by atoms with van der Waals surface area (Å²) in [5.74, 6) is 0. The van der Waals surface area contributed by atoms with E-state index in [-0.39, 0.29) is 0 Å². The average Bonchev–Trinajstić information content (AvgIpc) is 2.57. The lowest BCUT2D eigenvalue weighted by Gasteiger charge is -2.14. The minimum atomic E-state index is 0.827. The molecule has 0 aliphatic carbocycles. The van der Waals surface area contributed by atoms with Crippen molar-refractivity contribution < 1.29 is 4.74 Å². The van der Waals surface area contributed by atoms with Crippen molar-refractivity contribution in [3.05, 3.63) is 28.8 Å². The quantitative estimate of drug-likeness (QED) is 0.615. The number of aryl methyl sites for hydroxylation is 2. The molecule has 2 rings (SSSR count). The first-order chi connectivity index (χ1) is 10.7. The predicted molar refractivity (Wildman–Crippen MR) is 94.3 cm³/mol. The Morgan fingerprint density at radius 2 is 1.86 bits per heavy atom. The van der Waals surface area contributed by atoms with E-state index in [0.717, 1.165) is 31.9 Å². The Labute approximate surface area is 135 Å². The molecule has 0 radical (unpaired) electrons. The van der Waals surface area contributed by atoms with Gasteiger partial charge in [0.1, 0.15) is 0 Å². The first kappa shape index (κ1) is 17.0. The molecule has 0 saturated carbocycles. The molecule has 22 heavy (non-hydrogen) atoms. The third kappa shape index (κ3) is 5.13. The fourth-order valence-electron chi connectivity index (χ4n) is 2.80. The molecule has 0 fully saturated rings. The van der Waals surface area contributed by atoms with Crippen LogP contribution in [0.2, 0.25) is 0 Å². The van der Waals surface area contributed by atoms with Crippen LogP contribution in [-0.4, -0.2) is 38.0 Å². The van der Waals surface area contributed by atoms with Gasteiger partial charge in [-0.05, 0) is 62.3 Å². The van der Waals surface area contributed by atoms with Crippen molar-refractivity contribution in [2.45, 2.75) is 52.4 Å². The van der Waals surface area contributed by atoms with Gasteiger partial charge in [0.05, 0.1) is 18.6 Å². The summed E-state index contributed by atoms with van der Waals surface area (Å²) in [6.07, 6.45) is 9.21. The van der Waals surface area contributed by atoms with E-state index in [1.807, 2.05) is 6.34 Å². The molecular formula is C19H30N2O. The number of rotatable bonds is 3. The Morgan fingerprint density at radius 1 is 1.09 bits per heavy atom. The van der Waals surface area contributed by atoms with E-state index in [9.17, 15) is 0 Å². The molecule has 0 saturated heterocycles. The van der Waals surface area contributed by atoms with Crippen LogP contribution in [0.4, 0.5) is 5.69 Å². The molecule has 122 valence electrons. The van der Waals surface area contributed by atoms with E-state index in [1.165, 1.54) is 48.8 Å². The van der Waals surface area contributed by atoms with Crippen molar-refractivity contribution in [1.29, 1.82) is 0 Å². The van der Waals surface area contributed by atoms with Crippen molar-refractivity contribution in [1.82, 2.24) is 4.90 Å². The number of hydrogen-bond acceptors (Lipinski definition) is 2. The molecule has 0 atom stereocenters. The molecule has 1 heterocycles. The highest BCUT2D eigenvalue weighted by Crippen LogP contribution is 2.26. The van der Waals surface area contributed by atoms with Crippen LogP contribution in [0.5, 0.6) is 0 Å². The molecule has 0 aromatic heterocycles. The lowest BCUT2D eigenvalue weighted by molar-refractivity contribution is 0.133. The monoisotopic (exact) mass is 302 g/mol. The Kier molecular flexibility index (Phi) is 6.91. The zero-order valence-electron chi connectivity index (χ0n) is 14.4. The van der Waals surface area contributed by atoms with Crippen LogP contribution in [-0.2, 0) is 17.6 Å². The maximum atomic E-state index is 5.76. The highest BCUT2D eigenvalue weighted by molar-refractivity contribution is 5.64. The Bertz CT molecular complexity index is 496. The number of aliphatic imine (C=N–C) groups is 1. The van der Waals surface area contributed by atoms with Gasteiger partial charge in [0.2, 0.25) is 0 Å². The topological polar surface area (TPSA) is 24.8 Å². The van der Waals surface area contributed by atoms with Gasteiger partial charge < -0.3 is 9.64 Å². The maximum absolute atomic E-state index is 5.76. The van der Waals surface area contributed by atoms with E-state index in [4.69, 9.17) is 4.74 Å². The van der Waals surface area contributed by atoms with Gasteiger partial charge in [0.15, 0.2) is 0 Å². The van der Waals surface area contributed by atoms with Crippen LogP contribution in [0.25, 0.3) is 0 Å². The Balaban J connectivity index is 2.20. The van der Waals surface area contributed by atoms with Gasteiger partial charge in [-0.1, -0.05) is 18.9 Å². The second kappa shape index (κ2) is 8.94. The molecule has 0 amide bonds. The maximum Gasteiger partial charge on any atom is 0.0909 e. The summed E-state index contributed by atoms with van der Waals surface area (Å²) in [6.45, 7) is 7.01. The van der Waals surface area contributed by atoms with Crippen LogP contribution >= 0.6 is 0 Å². The number of hydrogen-bond donors (Lipinski definition) is 0. The van der Waals surface area contributed by atoms with Gasteiger partial charge in [-0.15, -0.1) is 0 Å². The van der Waals surface area contributed by atoms with E-state index in [0.29, 0.717) is 0 Å². The molecular weight excluding hydrogens is 272 g/mol. The molecule has 1 aliphatic rings. The van der Waals surface area contributed by atoms with E-state index < -0.39 is 0 Å². The predicted octanol–water partition coefficient (Wildman–Crippen LogP) is 4.28. The SMILES string of the molecule is CCN(C)C=Nc1cc2c(cc1C)CCCCCCOCC2. The molecule has 0 bridgehead atoms. The van der Waals surface area contributed by atoms with Gasteiger partial charge in [-0.3, -0.25) is 0 Å². The summed E-state index contributed by atoms with van der Waals surface area (Å²) in [7, 11) is 2.05. The molecule has 3 heteroatoms. The van der Waals surface area contributed by atoms with Gasteiger partial charge in [0.25, 0.3) is 0 Å². The van der Waals surface area contributed by atoms with E-state index in [1.54, 1.807) is 0 Å². The number of benzene rings is 1. The Hall–Kier alpha value is -1.35. The molecule has 1 aromatic rings. The summed E-state index contributed by atoms with van der Waals surface area (Å²) >= 11 is 0. The number of nitrogens with zero attached hydrogens (tertiary/aromatic N) is 2. The third-order valence-corrected chi connectivity index (χ3v) is 4.41. The fraction of sp³-hybridized carbons (Fsp3) is 0.632. The summed E-state index contributed by atoms with van der Waals surface area (Å²) in [5.41, 5.74) is 5.27. The van der Waals surface area contributed by atoms with Crippen LogP contribution < -0.4 is 0 Å². The fourth-order valence-corrected chi connectivity index (χ4v) is 2.80. The molecule has 0 unspecified atom stereocenters. The number of ether oxygens (including phenoxy) is 1. The lowest BCUT2D eigenvalue weighted by Crippen LogP contribution is -2.14. The van der Waals surface area contributed by atoms with Crippen LogP contribution in [0.3, 0.4) is 0 Å². The first-order valence-corrected chi connectivity index (χ1v) is 8.65. The third-order valence-electron chi connectivity index (χ3n) is 4.41. The first-order valence-electron chi connectivity index (χ1n) is 8.65. The molecule has 0 spiro atoms.